The van der Waals surface area contributed by atoms with Crippen LogP contribution in [0.3, 0.4) is 0 Å². The predicted octanol–water partition coefficient (Wildman–Crippen LogP) is -6.95. The Morgan fingerprint density at radius 2 is 1.92 bits per heavy atom. The highest BCUT2D eigenvalue weighted by molar-refractivity contribution is 7.95. The summed E-state index contributed by atoms with van der Waals surface area (Å²) in [5, 5.41) is 0. The van der Waals surface area contributed by atoms with Gasteiger partial charge in [-0.2, -0.15) is 0 Å². The first-order chi connectivity index (χ1) is 5.07. The topological polar surface area (TPSA) is 53.9 Å². The molecule has 0 saturated heterocycles. The zero-order chi connectivity index (χ0) is 8.85. The van der Waals surface area contributed by atoms with Gasteiger partial charge < -0.3 is 35.3 Å². The highest BCUT2D eigenvalue weighted by atomic mass is 35.5. The van der Waals surface area contributed by atoms with Crippen LogP contribution in [0.2, 0.25) is 0 Å². The lowest BCUT2D eigenvalue weighted by Gasteiger charge is -2.03. The third kappa shape index (κ3) is 10.3. The van der Waals surface area contributed by atoms with E-state index in [2.05, 4.69) is 23.0 Å². The quantitative estimate of drug-likeness (QED) is 0.398. The zero-order valence-corrected chi connectivity index (χ0v) is 10.5. The third-order valence-electron chi connectivity index (χ3n) is 1.41. The van der Waals surface area contributed by atoms with Crippen LogP contribution in [0.5, 0.6) is 0 Å². The number of hydrogen-bond donors (Lipinski definition) is 1. The highest BCUT2D eigenvalue weighted by Crippen LogP contribution is 1.93. The molecule has 0 aliphatic rings. The van der Waals surface area contributed by atoms with Crippen LogP contribution in [0.4, 0.5) is 0 Å². The second-order valence-electron chi connectivity index (χ2n) is 2.70. The summed E-state index contributed by atoms with van der Waals surface area (Å²) in [4.78, 5) is 10.8. The van der Waals surface area contributed by atoms with Crippen molar-refractivity contribution in [2.45, 2.75) is 12.5 Å². The Morgan fingerprint density at radius 3 is 2.23 bits per heavy atom. The van der Waals surface area contributed by atoms with Crippen LogP contribution in [0.1, 0.15) is 6.42 Å². The molecule has 1 atom stereocenters. The van der Waals surface area contributed by atoms with Crippen molar-refractivity contribution in [1.82, 2.24) is 0 Å². The summed E-state index contributed by atoms with van der Waals surface area (Å²) in [7, 11) is 1.80. The first-order valence-corrected chi connectivity index (χ1v) is 5.74. The van der Waals surface area contributed by atoms with Gasteiger partial charge in [0.05, 0.1) is 26.0 Å². The van der Waals surface area contributed by atoms with E-state index in [0.29, 0.717) is 10.9 Å². The van der Waals surface area contributed by atoms with Gasteiger partial charge in [-0.3, -0.25) is 0 Å². The molecule has 3 nitrogen and oxygen atoms in total. The van der Waals surface area contributed by atoms with Gasteiger partial charge >= 0.3 is 5.97 Å². The van der Waals surface area contributed by atoms with Crippen molar-refractivity contribution in [2.75, 3.05) is 25.4 Å². The number of halogens is 2. The van der Waals surface area contributed by atoms with Crippen molar-refractivity contribution in [3.05, 3.63) is 0 Å². The smallest absolute Gasteiger partial charge is 0.364 e. The Balaban J connectivity index is -0.000000500. The van der Waals surface area contributed by atoms with Crippen LogP contribution >= 0.6 is 0 Å². The maximum atomic E-state index is 10.8. The summed E-state index contributed by atoms with van der Waals surface area (Å²) in [6.45, 7) is 0. The molecule has 82 valence electrons. The molecule has 0 aromatic rings. The van der Waals surface area contributed by atoms with Crippen LogP contribution in [0.15, 0.2) is 0 Å². The minimum absolute atomic E-state index is 0. The monoisotopic (exact) mass is 249 g/mol. The van der Waals surface area contributed by atoms with Crippen molar-refractivity contribution in [1.29, 1.82) is 0 Å². The molecule has 0 rings (SSSR count). The first kappa shape index (κ1) is 19.0. The number of ether oxygens (including phenoxy) is 1. The van der Waals surface area contributed by atoms with Crippen molar-refractivity contribution >= 4 is 16.9 Å². The molecule has 0 heterocycles. The van der Waals surface area contributed by atoms with Crippen molar-refractivity contribution in [3.63, 3.8) is 0 Å². The molecule has 6 heteroatoms. The van der Waals surface area contributed by atoms with Crippen LogP contribution in [-0.4, -0.2) is 37.4 Å². The Bertz CT molecular complexity index is 136. The van der Waals surface area contributed by atoms with Crippen LogP contribution < -0.4 is 30.5 Å². The van der Waals surface area contributed by atoms with Crippen LogP contribution in [0.25, 0.3) is 0 Å². The molecule has 0 amide bonds. The molecule has 0 aromatic carbocycles. The molecule has 13 heavy (non-hydrogen) atoms. The van der Waals surface area contributed by atoms with Gasteiger partial charge in [0.2, 0.25) is 0 Å². The fourth-order valence-electron chi connectivity index (χ4n) is 0.662. The number of rotatable bonds is 4. The Hall–Kier alpha value is 0.360. The van der Waals surface area contributed by atoms with Gasteiger partial charge in [-0.25, -0.2) is 4.79 Å². The summed E-state index contributed by atoms with van der Waals surface area (Å²) < 4.78 is 4.55. The molecule has 0 aromatic heterocycles. The van der Waals surface area contributed by atoms with Gasteiger partial charge in [-0.1, -0.05) is 0 Å². The van der Waals surface area contributed by atoms with E-state index in [1.165, 1.54) is 7.11 Å². The zero-order valence-electron chi connectivity index (χ0n) is 8.18. The van der Waals surface area contributed by atoms with E-state index in [4.69, 9.17) is 0 Å². The Kier molecular flexibility index (Phi) is 15.3. The average molecular weight is 250 g/mol. The maximum Gasteiger partial charge on any atom is 0.364 e. The molecule has 0 fully saturated rings. The predicted molar refractivity (Wildman–Crippen MR) is 47.4 cm³/mol. The largest absolute Gasteiger partial charge is 1.00 e. The van der Waals surface area contributed by atoms with E-state index in [1.807, 2.05) is 0 Å². The second kappa shape index (κ2) is 10.4. The lowest BCUT2D eigenvalue weighted by molar-refractivity contribution is -0.408. The number of carbonyl (C=O) groups excluding carboxylic acids is 1. The summed E-state index contributed by atoms with van der Waals surface area (Å²) in [6.07, 6.45) is 5.15. The minimum atomic E-state index is -0.199. The van der Waals surface area contributed by atoms with Gasteiger partial charge in [0.15, 0.2) is 6.04 Å². The van der Waals surface area contributed by atoms with Crippen molar-refractivity contribution in [2.24, 2.45) is 0 Å². The summed E-state index contributed by atoms with van der Waals surface area (Å²) >= 11 is 0. The molecule has 0 spiro atoms. The molecule has 1 unspecified atom stereocenters. The van der Waals surface area contributed by atoms with Crippen molar-refractivity contribution < 1.29 is 40.1 Å². The fraction of sp³-hybridized carbons (Fsp3) is 0.857. The molecule has 3 N–H and O–H groups in total. The molecule has 0 aliphatic carbocycles. The van der Waals surface area contributed by atoms with Crippen molar-refractivity contribution in [3.8, 4) is 0 Å². The first-order valence-electron chi connectivity index (χ1n) is 3.53. The fourth-order valence-corrected chi connectivity index (χ4v) is 1.42. The Labute approximate surface area is 94.9 Å². The summed E-state index contributed by atoms with van der Waals surface area (Å²) in [5.74, 6) is 0.860. The third-order valence-corrected chi connectivity index (χ3v) is 2.46. The number of hydrogen-bond acceptors (Lipinski definition) is 2. The van der Waals surface area contributed by atoms with Gasteiger partial charge in [0, 0.05) is 0 Å². The van der Waals surface area contributed by atoms with Gasteiger partial charge in [-0.05, 0) is 10.9 Å². The molecule has 0 aliphatic heterocycles. The number of methoxy groups -OCH3 is 1. The summed E-state index contributed by atoms with van der Waals surface area (Å²) in [6, 6.07) is -0.185. The maximum absolute atomic E-state index is 10.8. The molecular formula is C7H17Cl2NO2S. The number of quaternary nitrogens is 1. The van der Waals surface area contributed by atoms with E-state index in [1.54, 1.807) is 0 Å². The van der Waals surface area contributed by atoms with Gasteiger partial charge in [-0.15, -0.1) is 0 Å². The molecule has 0 bridgehead atoms. The minimum Gasteiger partial charge on any atom is -1.00 e. The second-order valence-corrected chi connectivity index (χ2v) is 5.08. The lowest BCUT2D eigenvalue weighted by atomic mass is 10.2. The van der Waals surface area contributed by atoms with E-state index >= 15 is 0 Å². The van der Waals surface area contributed by atoms with Gasteiger partial charge in [0.25, 0.3) is 0 Å². The average Bonchev–Trinajstić information content (AvgIpc) is 1.98. The summed E-state index contributed by atoms with van der Waals surface area (Å²) in [5.41, 5.74) is 3.71. The standard InChI is InChI=1S/C7H16NO2S.2ClH/c1-10-7(9)6(8)4-5-11(2)3;;/h6H,4-5,8H2,1-3H3;2*1H/q+1;;/p-1. The number of carbonyl (C=O) groups is 1. The molecular weight excluding hydrogens is 233 g/mol. The molecule has 0 radical (unpaired) electrons. The van der Waals surface area contributed by atoms with E-state index < -0.39 is 0 Å². The van der Waals surface area contributed by atoms with Crippen LogP contribution in [0, 0.1) is 0 Å². The Morgan fingerprint density at radius 1 is 1.46 bits per heavy atom. The lowest BCUT2D eigenvalue weighted by Crippen LogP contribution is -3.00. The van der Waals surface area contributed by atoms with E-state index in [9.17, 15) is 4.79 Å². The highest BCUT2D eigenvalue weighted by Gasteiger charge is 2.19. The van der Waals surface area contributed by atoms with E-state index in [0.717, 1.165) is 12.2 Å². The molecule has 0 saturated carbocycles. The number of esters is 1. The van der Waals surface area contributed by atoms with Gasteiger partial charge in [0.1, 0.15) is 5.75 Å². The SMILES string of the molecule is COC(=O)C([NH3+])CC[S+](C)C.[Cl-].[Cl-]. The van der Waals surface area contributed by atoms with Crippen LogP contribution in [-0.2, 0) is 20.4 Å². The normalized spacial score (nSPS) is 11.2. The van der Waals surface area contributed by atoms with E-state index in [-0.39, 0.29) is 36.8 Å².